The summed E-state index contributed by atoms with van der Waals surface area (Å²) in [5.74, 6) is 0.450. The molecule has 0 fully saturated rings. The topological polar surface area (TPSA) is 76.1 Å². The van der Waals surface area contributed by atoms with Gasteiger partial charge in [-0.15, -0.1) is 0 Å². The van der Waals surface area contributed by atoms with Gasteiger partial charge in [0.2, 0.25) is 17.7 Å². The summed E-state index contributed by atoms with van der Waals surface area (Å²) in [5, 5.41) is 5.60. The molecule has 0 aliphatic rings. The predicted molar refractivity (Wildman–Crippen MR) is 65.0 cm³/mol. The minimum atomic E-state index is -0.143. The molecule has 0 aromatic carbocycles. The minimum Gasteiger partial charge on any atom is -0.481 e. The Kier molecular flexibility index (Phi) is 4.84. The molecule has 0 saturated carbocycles. The van der Waals surface area contributed by atoms with Crippen molar-refractivity contribution in [1.82, 2.24) is 15.3 Å². The van der Waals surface area contributed by atoms with E-state index in [0.717, 1.165) is 5.69 Å². The van der Waals surface area contributed by atoms with E-state index in [0.29, 0.717) is 12.4 Å². The summed E-state index contributed by atoms with van der Waals surface area (Å²) in [5.41, 5.74) is 0.744. The van der Waals surface area contributed by atoms with Crippen LogP contribution in [0.5, 0.6) is 5.88 Å². The smallest absolute Gasteiger partial charge is 0.232 e. The Bertz CT molecular complexity index is 395. The second-order valence-electron chi connectivity index (χ2n) is 3.82. The second-order valence-corrected chi connectivity index (χ2v) is 3.82. The summed E-state index contributed by atoms with van der Waals surface area (Å²) in [6, 6.07) is 1.70. The van der Waals surface area contributed by atoms with Gasteiger partial charge in [0.15, 0.2) is 0 Å². The van der Waals surface area contributed by atoms with E-state index in [1.165, 1.54) is 7.11 Å². The first-order valence-corrected chi connectivity index (χ1v) is 5.42. The average Bonchev–Trinajstić information content (AvgIpc) is 2.28. The van der Waals surface area contributed by atoms with Crippen molar-refractivity contribution in [2.24, 2.45) is 5.92 Å². The molecule has 2 N–H and O–H groups in total. The maximum absolute atomic E-state index is 11.7. The average molecular weight is 238 g/mol. The Labute approximate surface area is 101 Å². The van der Waals surface area contributed by atoms with Crippen LogP contribution >= 0.6 is 0 Å². The Morgan fingerprint density at radius 3 is 2.82 bits per heavy atom. The number of hydrogen-bond acceptors (Lipinski definition) is 5. The fourth-order valence-electron chi connectivity index (χ4n) is 1.33. The lowest BCUT2D eigenvalue weighted by Crippen LogP contribution is -2.29. The number of anilines is 1. The van der Waals surface area contributed by atoms with Crippen LogP contribution in [0, 0.1) is 12.8 Å². The van der Waals surface area contributed by atoms with Gasteiger partial charge in [-0.2, -0.15) is 4.98 Å². The van der Waals surface area contributed by atoms with E-state index in [2.05, 4.69) is 20.6 Å². The van der Waals surface area contributed by atoms with Gasteiger partial charge in [-0.05, 0) is 14.0 Å². The van der Waals surface area contributed by atoms with Gasteiger partial charge in [0.1, 0.15) is 0 Å². The first-order chi connectivity index (χ1) is 8.06. The molecular formula is C11H18N4O2. The highest BCUT2D eigenvalue weighted by molar-refractivity contribution is 5.90. The Morgan fingerprint density at radius 1 is 1.53 bits per heavy atom. The SMILES string of the molecule is CNCC(C)C(=O)Nc1nc(C)cc(OC)n1. The number of rotatable bonds is 5. The van der Waals surface area contributed by atoms with E-state index in [1.54, 1.807) is 13.1 Å². The Balaban J connectivity index is 2.74. The summed E-state index contributed by atoms with van der Waals surface area (Å²) in [7, 11) is 3.33. The maximum Gasteiger partial charge on any atom is 0.232 e. The van der Waals surface area contributed by atoms with Crippen molar-refractivity contribution in [2.45, 2.75) is 13.8 Å². The molecule has 94 valence electrons. The molecule has 0 saturated heterocycles. The summed E-state index contributed by atoms with van der Waals surface area (Å²) >= 11 is 0. The van der Waals surface area contributed by atoms with Crippen LogP contribution in [0.2, 0.25) is 0 Å². The predicted octanol–water partition coefficient (Wildman–Crippen LogP) is 0.588. The third kappa shape index (κ3) is 3.99. The highest BCUT2D eigenvalue weighted by Gasteiger charge is 2.13. The molecule has 0 radical (unpaired) electrons. The zero-order valence-electron chi connectivity index (χ0n) is 10.6. The van der Waals surface area contributed by atoms with Crippen molar-refractivity contribution in [3.63, 3.8) is 0 Å². The van der Waals surface area contributed by atoms with Gasteiger partial charge in [-0.1, -0.05) is 6.92 Å². The number of aryl methyl sites for hydroxylation is 1. The lowest BCUT2D eigenvalue weighted by molar-refractivity contribution is -0.119. The molecule has 6 nitrogen and oxygen atoms in total. The molecule has 0 spiro atoms. The zero-order valence-corrected chi connectivity index (χ0v) is 10.6. The van der Waals surface area contributed by atoms with Crippen molar-refractivity contribution in [3.05, 3.63) is 11.8 Å². The third-order valence-electron chi connectivity index (χ3n) is 2.23. The van der Waals surface area contributed by atoms with E-state index < -0.39 is 0 Å². The molecule has 0 aliphatic heterocycles. The molecule has 1 unspecified atom stereocenters. The Morgan fingerprint density at radius 2 is 2.24 bits per heavy atom. The van der Waals surface area contributed by atoms with Crippen LogP contribution in [-0.2, 0) is 4.79 Å². The first kappa shape index (κ1) is 13.4. The van der Waals surface area contributed by atoms with Crippen LogP contribution in [0.4, 0.5) is 5.95 Å². The number of carbonyl (C=O) groups excluding carboxylic acids is 1. The van der Waals surface area contributed by atoms with Crippen molar-refractivity contribution in [3.8, 4) is 5.88 Å². The molecular weight excluding hydrogens is 220 g/mol. The summed E-state index contributed by atoms with van der Waals surface area (Å²) in [4.78, 5) is 19.9. The van der Waals surface area contributed by atoms with Gasteiger partial charge in [-0.3, -0.25) is 10.1 Å². The van der Waals surface area contributed by atoms with Gasteiger partial charge in [0.25, 0.3) is 0 Å². The maximum atomic E-state index is 11.7. The molecule has 6 heteroatoms. The number of amides is 1. The summed E-state index contributed by atoms with van der Waals surface area (Å²) in [6.07, 6.45) is 0. The first-order valence-electron chi connectivity index (χ1n) is 5.42. The lowest BCUT2D eigenvalue weighted by Gasteiger charge is -2.11. The molecule has 1 aromatic heterocycles. The number of ether oxygens (including phenoxy) is 1. The number of nitrogens with zero attached hydrogens (tertiary/aromatic N) is 2. The third-order valence-corrected chi connectivity index (χ3v) is 2.23. The van der Waals surface area contributed by atoms with E-state index in [1.807, 2.05) is 13.8 Å². The van der Waals surface area contributed by atoms with Gasteiger partial charge in [0, 0.05) is 24.2 Å². The van der Waals surface area contributed by atoms with Crippen LogP contribution in [0.25, 0.3) is 0 Å². The standard InChI is InChI=1S/C11H18N4O2/c1-7(6-12-3)10(16)15-11-13-8(2)5-9(14-11)17-4/h5,7,12H,6H2,1-4H3,(H,13,14,15,16). The van der Waals surface area contributed by atoms with Gasteiger partial charge >= 0.3 is 0 Å². The number of aromatic nitrogens is 2. The van der Waals surface area contributed by atoms with Crippen molar-refractivity contribution in [2.75, 3.05) is 26.0 Å². The molecule has 17 heavy (non-hydrogen) atoms. The second kappa shape index (κ2) is 6.15. The van der Waals surface area contributed by atoms with E-state index in [4.69, 9.17) is 4.74 Å². The van der Waals surface area contributed by atoms with Crippen LogP contribution in [-0.4, -0.2) is 36.6 Å². The van der Waals surface area contributed by atoms with E-state index in [-0.39, 0.29) is 17.8 Å². The highest BCUT2D eigenvalue weighted by atomic mass is 16.5. The summed E-state index contributed by atoms with van der Waals surface area (Å²) < 4.78 is 5.01. The van der Waals surface area contributed by atoms with E-state index in [9.17, 15) is 4.79 Å². The van der Waals surface area contributed by atoms with E-state index >= 15 is 0 Å². The normalized spacial score (nSPS) is 12.0. The van der Waals surface area contributed by atoms with Crippen LogP contribution in [0.1, 0.15) is 12.6 Å². The van der Waals surface area contributed by atoms with Gasteiger partial charge in [0.05, 0.1) is 7.11 Å². The zero-order chi connectivity index (χ0) is 12.8. The number of methoxy groups -OCH3 is 1. The monoisotopic (exact) mass is 238 g/mol. The molecule has 0 bridgehead atoms. The largest absolute Gasteiger partial charge is 0.481 e. The summed E-state index contributed by atoms with van der Waals surface area (Å²) in [6.45, 7) is 4.25. The van der Waals surface area contributed by atoms with Crippen molar-refractivity contribution in [1.29, 1.82) is 0 Å². The van der Waals surface area contributed by atoms with Crippen molar-refractivity contribution >= 4 is 11.9 Å². The molecule has 1 heterocycles. The number of hydrogen-bond donors (Lipinski definition) is 2. The molecule has 1 rings (SSSR count). The molecule has 1 amide bonds. The van der Waals surface area contributed by atoms with Crippen LogP contribution in [0.15, 0.2) is 6.07 Å². The molecule has 0 aliphatic carbocycles. The van der Waals surface area contributed by atoms with Gasteiger partial charge < -0.3 is 10.1 Å². The quantitative estimate of drug-likeness (QED) is 0.785. The number of nitrogens with one attached hydrogen (secondary N) is 2. The van der Waals surface area contributed by atoms with Gasteiger partial charge in [-0.25, -0.2) is 4.98 Å². The highest BCUT2D eigenvalue weighted by Crippen LogP contribution is 2.11. The molecule has 1 atom stereocenters. The Hall–Kier alpha value is -1.69. The van der Waals surface area contributed by atoms with Crippen LogP contribution < -0.4 is 15.4 Å². The minimum absolute atomic E-state index is 0.119. The molecule has 1 aromatic rings. The number of carbonyl (C=O) groups is 1. The fourth-order valence-corrected chi connectivity index (χ4v) is 1.33. The fraction of sp³-hybridized carbons (Fsp3) is 0.545. The lowest BCUT2D eigenvalue weighted by atomic mass is 10.1. The van der Waals surface area contributed by atoms with Crippen molar-refractivity contribution < 1.29 is 9.53 Å². The van der Waals surface area contributed by atoms with Crippen LogP contribution in [0.3, 0.4) is 0 Å².